The Labute approximate surface area is 103 Å². The summed E-state index contributed by atoms with van der Waals surface area (Å²) in [6, 6.07) is -0.170. The molecule has 1 saturated heterocycles. The van der Waals surface area contributed by atoms with E-state index in [4.69, 9.17) is 5.11 Å². The van der Waals surface area contributed by atoms with Crippen LogP contribution in [0.4, 0.5) is 0 Å². The van der Waals surface area contributed by atoms with Gasteiger partial charge in [0, 0.05) is 25.5 Å². The van der Waals surface area contributed by atoms with Crippen LogP contribution in [0.1, 0.15) is 47.0 Å². The van der Waals surface area contributed by atoms with Crippen LogP contribution in [0.3, 0.4) is 0 Å². The highest BCUT2D eigenvalue weighted by atomic mass is 16.3. The number of likely N-dealkylation sites (tertiary alicyclic amines) is 1. The van der Waals surface area contributed by atoms with Gasteiger partial charge in [0.05, 0.1) is 0 Å². The maximum atomic E-state index is 12.1. The van der Waals surface area contributed by atoms with Crippen LogP contribution in [0, 0.1) is 11.3 Å². The maximum Gasteiger partial charge on any atom is 0.229 e. The molecule has 1 unspecified atom stereocenters. The molecule has 0 spiro atoms. The van der Waals surface area contributed by atoms with Crippen molar-refractivity contribution in [1.82, 2.24) is 4.90 Å². The molecular formula is C13H23NO3. The molecule has 4 nitrogen and oxygen atoms in total. The number of aliphatic hydroxyl groups is 1. The first-order chi connectivity index (χ1) is 7.78. The summed E-state index contributed by atoms with van der Waals surface area (Å²) in [5, 5.41) is 9.04. The minimum Gasteiger partial charge on any atom is -0.396 e. The van der Waals surface area contributed by atoms with Crippen molar-refractivity contribution in [3.8, 4) is 0 Å². The zero-order chi connectivity index (χ0) is 13.2. The first kappa shape index (κ1) is 14.2. The van der Waals surface area contributed by atoms with Gasteiger partial charge in [-0.1, -0.05) is 27.7 Å². The zero-order valence-electron chi connectivity index (χ0n) is 11.2. The first-order valence-electron chi connectivity index (χ1n) is 6.24. The van der Waals surface area contributed by atoms with Crippen molar-refractivity contribution in [1.29, 1.82) is 0 Å². The fourth-order valence-electron chi connectivity index (χ4n) is 2.45. The number of rotatable bonds is 4. The van der Waals surface area contributed by atoms with Crippen LogP contribution < -0.4 is 0 Å². The van der Waals surface area contributed by atoms with Gasteiger partial charge >= 0.3 is 0 Å². The Morgan fingerprint density at radius 3 is 2.06 bits per heavy atom. The van der Waals surface area contributed by atoms with E-state index >= 15 is 0 Å². The standard InChI is InChI=1S/C13H23NO3/c1-9(2)10(5-6-15)14-11(16)7-13(3,4)8-12(14)17/h9-10,15H,5-8H2,1-4H3. The molecule has 1 aliphatic rings. The molecule has 0 radical (unpaired) electrons. The highest BCUT2D eigenvalue weighted by Gasteiger charge is 2.41. The van der Waals surface area contributed by atoms with Crippen molar-refractivity contribution in [2.24, 2.45) is 11.3 Å². The van der Waals surface area contributed by atoms with Gasteiger partial charge in [0.25, 0.3) is 0 Å². The molecule has 17 heavy (non-hydrogen) atoms. The zero-order valence-corrected chi connectivity index (χ0v) is 11.2. The van der Waals surface area contributed by atoms with Crippen LogP contribution in [-0.4, -0.2) is 34.5 Å². The second-order valence-corrected chi connectivity index (χ2v) is 6.00. The summed E-state index contributed by atoms with van der Waals surface area (Å²) in [5.74, 6) is -0.0203. The van der Waals surface area contributed by atoms with Gasteiger partial charge in [0.2, 0.25) is 11.8 Å². The molecule has 1 rings (SSSR count). The van der Waals surface area contributed by atoms with E-state index in [1.54, 1.807) is 0 Å². The molecule has 1 atom stereocenters. The average Bonchev–Trinajstić information content (AvgIpc) is 2.12. The van der Waals surface area contributed by atoms with E-state index < -0.39 is 0 Å². The summed E-state index contributed by atoms with van der Waals surface area (Å²) in [6.45, 7) is 7.83. The van der Waals surface area contributed by atoms with Crippen LogP contribution in [0.25, 0.3) is 0 Å². The maximum absolute atomic E-state index is 12.1. The van der Waals surface area contributed by atoms with Crippen molar-refractivity contribution in [2.45, 2.75) is 53.0 Å². The first-order valence-corrected chi connectivity index (χ1v) is 6.24. The molecule has 0 aliphatic carbocycles. The number of amides is 2. The third-order valence-electron chi connectivity index (χ3n) is 3.32. The Balaban J connectivity index is 2.89. The predicted molar refractivity (Wildman–Crippen MR) is 65.2 cm³/mol. The van der Waals surface area contributed by atoms with Gasteiger partial charge < -0.3 is 5.11 Å². The van der Waals surface area contributed by atoms with E-state index in [9.17, 15) is 9.59 Å². The lowest BCUT2D eigenvalue weighted by molar-refractivity contribution is -0.157. The van der Waals surface area contributed by atoms with Gasteiger partial charge in [-0.05, 0) is 17.8 Å². The third kappa shape index (κ3) is 3.28. The quantitative estimate of drug-likeness (QED) is 0.760. The molecule has 98 valence electrons. The van der Waals surface area contributed by atoms with Crippen LogP contribution in [-0.2, 0) is 9.59 Å². The van der Waals surface area contributed by atoms with E-state index in [0.717, 1.165) is 0 Å². The minimum atomic E-state index is -0.231. The monoisotopic (exact) mass is 241 g/mol. The molecule has 1 N–H and O–H groups in total. The number of nitrogens with zero attached hydrogens (tertiary/aromatic N) is 1. The topological polar surface area (TPSA) is 57.6 Å². The lowest BCUT2D eigenvalue weighted by Crippen LogP contribution is -2.53. The predicted octanol–water partition coefficient (Wildman–Crippen LogP) is 1.57. The second kappa shape index (κ2) is 5.17. The van der Waals surface area contributed by atoms with E-state index in [-0.39, 0.29) is 35.8 Å². The molecule has 1 aliphatic heterocycles. The molecule has 0 bridgehead atoms. The van der Waals surface area contributed by atoms with Gasteiger partial charge in [0.1, 0.15) is 0 Å². The SMILES string of the molecule is CC(C)C(CCO)N1C(=O)CC(C)(C)CC1=O. The summed E-state index contributed by atoms with van der Waals surface area (Å²) in [4.78, 5) is 25.5. The number of imide groups is 1. The Kier molecular flexibility index (Phi) is 4.31. The number of piperidine rings is 1. The molecule has 4 heteroatoms. The van der Waals surface area contributed by atoms with E-state index in [1.165, 1.54) is 4.90 Å². The van der Waals surface area contributed by atoms with Gasteiger partial charge in [-0.3, -0.25) is 14.5 Å². The van der Waals surface area contributed by atoms with Gasteiger partial charge in [0.15, 0.2) is 0 Å². The van der Waals surface area contributed by atoms with Crippen molar-refractivity contribution >= 4 is 11.8 Å². The molecule has 0 saturated carbocycles. The molecule has 0 aromatic rings. The highest BCUT2D eigenvalue weighted by molar-refractivity contribution is 5.98. The Morgan fingerprint density at radius 1 is 1.24 bits per heavy atom. The van der Waals surface area contributed by atoms with E-state index in [0.29, 0.717) is 19.3 Å². The van der Waals surface area contributed by atoms with Crippen LogP contribution in [0.5, 0.6) is 0 Å². The summed E-state index contributed by atoms with van der Waals surface area (Å²) in [6.07, 6.45) is 1.29. The molecule has 0 aromatic heterocycles. The number of hydrogen-bond donors (Lipinski definition) is 1. The molecule has 2 amide bonds. The largest absolute Gasteiger partial charge is 0.396 e. The van der Waals surface area contributed by atoms with E-state index in [2.05, 4.69) is 0 Å². The van der Waals surface area contributed by atoms with Crippen LogP contribution in [0.15, 0.2) is 0 Å². The number of carbonyl (C=O) groups is 2. The lowest BCUT2D eigenvalue weighted by atomic mass is 9.80. The summed E-state index contributed by atoms with van der Waals surface area (Å²) >= 11 is 0. The van der Waals surface area contributed by atoms with Crippen molar-refractivity contribution in [3.63, 3.8) is 0 Å². The second-order valence-electron chi connectivity index (χ2n) is 6.00. The lowest BCUT2D eigenvalue weighted by Gasteiger charge is -2.40. The fraction of sp³-hybridized carbons (Fsp3) is 0.846. The Hall–Kier alpha value is -0.900. The number of carbonyl (C=O) groups excluding carboxylic acids is 2. The molecule has 0 aromatic carbocycles. The average molecular weight is 241 g/mol. The van der Waals surface area contributed by atoms with Crippen LogP contribution >= 0.6 is 0 Å². The number of hydrogen-bond acceptors (Lipinski definition) is 3. The van der Waals surface area contributed by atoms with Gasteiger partial charge in [-0.15, -0.1) is 0 Å². The van der Waals surface area contributed by atoms with Crippen molar-refractivity contribution in [3.05, 3.63) is 0 Å². The summed E-state index contributed by atoms with van der Waals surface area (Å²) in [5.41, 5.74) is -0.231. The highest BCUT2D eigenvalue weighted by Crippen LogP contribution is 2.33. The Bertz CT molecular complexity index is 290. The fourth-order valence-corrected chi connectivity index (χ4v) is 2.45. The summed E-state index contributed by atoms with van der Waals surface area (Å²) in [7, 11) is 0. The minimum absolute atomic E-state index is 0.00327. The molecule has 1 heterocycles. The van der Waals surface area contributed by atoms with Gasteiger partial charge in [-0.2, -0.15) is 0 Å². The Morgan fingerprint density at radius 2 is 1.71 bits per heavy atom. The van der Waals surface area contributed by atoms with Crippen LogP contribution in [0.2, 0.25) is 0 Å². The third-order valence-corrected chi connectivity index (χ3v) is 3.32. The smallest absolute Gasteiger partial charge is 0.229 e. The molecular weight excluding hydrogens is 218 g/mol. The number of aliphatic hydroxyl groups excluding tert-OH is 1. The normalized spacial score (nSPS) is 22.1. The summed E-state index contributed by atoms with van der Waals surface area (Å²) < 4.78 is 0. The van der Waals surface area contributed by atoms with Crippen molar-refractivity contribution in [2.75, 3.05) is 6.61 Å². The van der Waals surface area contributed by atoms with E-state index in [1.807, 2.05) is 27.7 Å². The van der Waals surface area contributed by atoms with Gasteiger partial charge in [-0.25, -0.2) is 0 Å². The van der Waals surface area contributed by atoms with Crippen molar-refractivity contribution < 1.29 is 14.7 Å². The molecule has 1 fully saturated rings.